The lowest BCUT2D eigenvalue weighted by Gasteiger charge is -2.49. The fourth-order valence-corrected chi connectivity index (χ4v) is 3.59. The zero-order valence-corrected chi connectivity index (χ0v) is 16.5. The summed E-state index contributed by atoms with van der Waals surface area (Å²) in [6, 6.07) is 15.7. The molecule has 2 aromatic rings. The number of amides is 1. The topological polar surface area (TPSA) is 50.8 Å². The van der Waals surface area contributed by atoms with Crippen molar-refractivity contribution in [1.82, 2.24) is 4.90 Å². The van der Waals surface area contributed by atoms with Crippen molar-refractivity contribution in [2.75, 3.05) is 25.6 Å². The number of rotatable bonds is 7. The van der Waals surface area contributed by atoms with E-state index in [-0.39, 0.29) is 11.9 Å². The maximum atomic E-state index is 13.3. The van der Waals surface area contributed by atoms with E-state index >= 15 is 0 Å². The van der Waals surface area contributed by atoms with E-state index in [1.54, 1.807) is 7.11 Å². The summed E-state index contributed by atoms with van der Waals surface area (Å²) >= 11 is 0. The molecule has 0 radical (unpaired) electrons. The van der Waals surface area contributed by atoms with Crippen LogP contribution in [0.2, 0.25) is 0 Å². The molecule has 0 saturated heterocycles. The van der Waals surface area contributed by atoms with Crippen molar-refractivity contribution in [3.05, 3.63) is 59.7 Å². The molecule has 5 nitrogen and oxygen atoms in total. The fraction of sp³-hybridized carbons (Fsp3) is 0.409. The van der Waals surface area contributed by atoms with Crippen LogP contribution in [0, 0.1) is 0 Å². The first kappa shape index (κ1) is 19.2. The molecule has 2 atom stereocenters. The van der Waals surface area contributed by atoms with Gasteiger partial charge in [0.05, 0.1) is 12.2 Å². The van der Waals surface area contributed by atoms with Crippen LogP contribution < -0.4 is 10.1 Å². The lowest BCUT2D eigenvalue weighted by molar-refractivity contribution is 0.0399. The molecule has 0 aromatic heterocycles. The number of carbonyl (C=O) groups is 1. The van der Waals surface area contributed by atoms with Crippen molar-refractivity contribution in [1.29, 1.82) is 0 Å². The average molecular weight is 368 g/mol. The number of nitrogens with one attached hydrogen (secondary N) is 1. The zero-order chi connectivity index (χ0) is 19.4. The summed E-state index contributed by atoms with van der Waals surface area (Å²) in [6.45, 7) is 7.32. The maximum Gasteiger partial charge on any atom is 0.258 e. The molecule has 1 aliphatic rings. The van der Waals surface area contributed by atoms with E-state index < -0.39 is 5.66 Å². The minimum Gasteiger partial charge on any atom is -0.491 e. The second kappa shape index (κ2) is 8.01. The Balaban J connectivity index is 1.96. The number of hydrogen-bond donors (Lipinski definition) is 1. The molecule has 1 aliphatic heterocycles. The average Bonchev–Trinajstić information content (AvgIpc) is 2.68. The fourth-order valence-electron chi connectivity index (χ4n) is 3.59. The summed E-state index contributed by atoms with van der Waals surface area (Å²) in [5, 5.41) is 3.60. The third-order valence-electron chi connectivity index (χ3n) is 5.24. The minimum atomic E-state index is -0.633. The maximum absolute atomic E-state index is 13.3. The molecule has 1 heterocycles. The van der Waals surface area contributed by atoms with E-state index in [0.29, 0.717) is 13.2 Å². The predicted octanol–water partition coefficient (Wildman–Crippen LogP) is 4.25. The van der Waals surface area contributed by atoms with Gasteiger partial charge in [0.2, 0.25) is 0 Å². The first-order valence-corrected chi connectivity index (χ1v) is 9.44. The molecule has 5 heteroatoms. The third-order valence-corrected chi connectivity index (χ3v) is 5.24. The van der Waals surface area contributed by atoms with Crippen molar-refractivity contribution in [2.45, 2.75) is 38.9 Å². The molecule has 27 heavy (non-hydrogen) atoms. The van der Waals surface area contributed by atoms with Crippen molar-refractivity contribution in [3.63, 3.8) is 0 Å². The Morgan fingerprint density at radius 3 is 2.48 bits per heavy atom. The number of hydrogen-bond acceptors (Lipinski definition) is 4. The number of para-hydroxylation sites is 1. The number of fused-ring (bicyclic) bond motifs is 1. The number of methoxy groups -OCH3 is 1. The van der Waals surface area contributed by atoms with Gasteiger partial charge in [-0.3, -0.25) is 4.79 Å². The quantitative estimate of drug-likeness (QED) is 0.742. The molecular formula is C22H28N2O3. The van der Waals surface area contributed by atoms with Crippen LogP contribution >= 0.6 is 0 Å². The van der Waals surface area contributed by atoms with E-state index in [2.05, 4.69) is 26.1 Å². The molecule has 0 saturated carbocycles. The molecule has 144 valence electrons. The molecule has 3 rings (SSSR count). The number of nitrogens with zero attached hydrogens (tertiary/aromatic N) is 1. The van der Waals surface area contributed by atoms with E-state index in [9.17, 15) is 4.79 Å². The van der Waals surface area contributed by atoms with Gasteiger partial charge in [-0.1, -0.05) is 31.2 Å². The molecule has 2 unspecified atom stereocenters. The summed E-state index contributed by atoms with van der Waals surface area (Å²) in [7, 11) is 1.65. The molecule has 0 spiro atoms. The summed E-state index contributed by atoms with van der Waals surface area (Å²) in [5.41, 5.74) is 1.97. The largest absolute Gasteiger partial charge is 0.491 e. The Morgan fingerprint density at radius 1 is 1.11 bits per heavy atom. The first-order chi connectivity index (χ1) is 13.0. The molecule has 0 fully saturated rings. The molecule has 2 aromatic carbocycles. The van der Waals surface area contributed by atoms with Gasteiger partial charge in [0.15, 0.2) is 0 Å². The molecule has 1 amide bonds. The molecular weight excluding hydrogens is 340 g/mol. The smallest absolute Gasteiger partial charge is 0.258 e. The third kappa shape index (κ3) is 3.65. The first-order valence-electron chi connectivity index (χ1n) is 9.44. The highest BCUT2D eigenvalue weighted by molar-refractivity contribution is 6.02. The molecule has 1 N–H and O–H groups in total. The molecule has 0 aliphatic carbocycles. The van der Waals surface area contributed by atoms with Crippen molar-refractivity contribution < 1.29 is 14.3 Å². The Hall–Kier alpha value is -2.53. The van der Waals surface area contributed by atoms with Gasteiger partial charge in [-0.05, 0) is 50.1 Å². The normalized spacial score (nSPS) is 20.0. The van der Waals surface area contributed by atoms with Crippen LogP contribution in [0.1, 0.15) is 43.1 Å². The van der Waals surface area contributed by atoms with Crippen molar-refractivity contribution in [3.8, 4) is 5.75 Å². The summed E-state index contributed by atoms with van der Waals surface area (Å²) < 4.78 is 10.7. The zero-order valence-electron chi connectivity index (χ0n) is 16.5. The van der Waals surface area contributed by atoms with Crippen LogP contribution in [-0.4, -0.2) is 37.2 Å². The number of benzene rings is 2. The van der Waals surface area contributed by atoms with E-state index in [4.69, 9.17) is 9.47 Å². The summed E-state index contributed by atoms with van der Waals surface area (Å²) in [5.74, 6) is 0.846. The summed E-state index contributed by atoms with van der Waals surface area (Å²) in [4.78, 5) is 15.2. The van der Waals surface area contributed by atoms with Crippen LogP contribution in [0.3, 0.4) is 0 Å². The summed E-state index contributed by atoms with van der Waals surface area (Å²) in [6.07, 6.45) is 0.878. The van der Waals surface area contributed by atoms with Crippen molar-refractivity contribution in [2.24, 2.45) is 0 Å². The van der Waals surface area contributed by atoms with Gasteiger partial charge >= 0.3 is 0 Å². The van der Waals surface area contributed by atoms with Crippen LogP contribution in [0.15, 0.2) is 48.5 Å². The number of carbonyl (C=O) groups excluding carboxylic acids is 1. The lowest BCUT2D eigenvalue weighted by Crippen LogP contribution is -2.58. The van der Waals surface area contributed by atoms with Gasteiger partial charge in [0, 0.05) is 18.8 Å². The highest BCUT2D eigenvalue weighted by Gasteiger charge is 2.44. The predicted molar refractivity (Wildman–Crippen MR) is 107 cm³/mol. The Bertz CT molecular complexity index is 790. The van der Waals surface area contributed by atoms with Gasteiger partial charge in [-0.25, -0.2) is 0 Å². The van der Waals surface area contributed by atoms with Gasteiger partial charge in [-0.2, -0.15) is 0 Å². The van der Waals surface area contributed by atoms with E-state index in [1.807, 2.05) is 53.4 Å². The van der Waals surface area contributed by atoms with Gasteiger partial charge in [0.25, 0.3) is 5.91 Å². The number of ether oxygens (including phenoxy) is 2. The SMILES string of the molecule is CCC(C)N1C(=O)c2ccccc2NC1(C)c1ccc(OCCOC)cc1. The van der Waals surface area contributed by atoms with Gasteiger partial charge < -0.3 is 19.7 Å². The number of anilines is 1. The minimum absolute atomic E-state index is 0.0571. The van der Waals surface area contributed by atoms with E-state index in [0.717, 1.165) is 29.0 Å². The molecule has 0 bridgehead atoms. The highest BCUT2D eigenvalue weighted by Crippen LogP contribution is 2.39. The second-order valence-electron chi connectivity index (χ2n) is 7.04. The van der Waals surface area contributed by atoms with Gasteiger partial charge in [-0.15, -0.1) is 0 Å². The van der Waals surface area contributed by atoms with Crippen LogP contribution in [0.5, 0.6) is 5.75 Å². The van der Waals surface area contributed by atoms with Crippen LogP contribution in [-0.2, 0) is 10.4 Å². The van der Waals surface area contributed by atoms with E-state index in [1.165, 1.54) is 0 Å². The standard InChI is InChI=1S/C22H28N2O3/c1-5-16(2)24-21(25)19-8-6-7-9-20(19)23-22(24,3)17-10-12-18(13-11-17)27-15-14-26-4/h6-13,16,23H,5,14-15H2,1-4H3. The lowest BCUT2D eigenvalue weighted by atomic mass is 9.91. The monoisotopic (exact) mass is 368 g/mol. The van der Waals surface area contributed by atoms with Crippen LogP contribution in [0.4, 0.5) is 5.69 Å². The Kier molecular flexibility index (Phi) is 5.71. The second-order valence-corrected chi connectivity index (χ2v) is 7.04. The van der Waals surface area contributed by atoms with Gasteiger partial charge in [0.1, 0.15) is 18.0 Å². The van der Waals surface area contributed by atoms with Crippen molar-refractivity contribution >= 4 is 11.6 Å². The van der Waals surface area contributed by atoms with Crippen LogP contribution in [0.25, 0.3) is 0 Å². The highest BCUT2D eigenvalue weighted by atomic mass is 16.5. The Labute approximate surface area is 161 Å². The Morgan fingerprint density at radius 2 is 1.81 bits per heavy atom.